The molecule has 1 aliphatic carbocycles. The van der Waals surface area contributed by atoms with Crippen molar-refractivity contribution in [2.45, 2.75) is 59.5 Å². The van der Waals surface area contributed by atoms with Crippen LogP contribution in [0.2, 0.25) is 0 Å². The van der Waals surface area contributed by atoms with Crippen LogP contribution < -0.4 is 5.32 Å². The zero-order valence-electron chi connectivity index (χ0n) is 15.1. The normalized spacial score (nSPS) is 16.5. The van der Waals surface area contributed by atoms with E-state index in [2.05, 4.69) is 49.4 Å². The molecule has 0 fully saturated rings. The van der Waals surface area contributed by atoms with Gasteiger partial charge in [0.05, 0.1) is 18.2 Å². The molecule has 1 heterocycles. The zero-order chi connectivity index (χ0) is 17.3. The van der Waals surface area contributed by atoms with Gasteiger partial charge in [-0.1, -0.05) is 38.1 Å². The van der Waals surface area contributed by atoms with Crippen LogP contribution in [-0.4, -0.2) is 15.7 Å². The van der Waals surface area contributed by atoms with Crippen molar-refractivity contribution in [2.75, 3.05) is 0 Å². The van der Waals surface area contributed by atoms with E-state index in [-0.39, 0.29) is 11.9 Å². The van der Waals surface area contributed by atoms with Gasteiger partial charge in [-0.2, -0.15) is 5.10 Å². The molecule has 3 rings (SSSR count). The second-order valence-electron chi connectivity index (χ2n) is 7.26. The Balaban J connectivity index is 1.69. The third-order valence-corrected chi connectivity index (χ3v) is 4.87. The van der Waals surface area contributed by atoms with Gasteiger partial charge in [0.25, 0.3) is 0 Å². The van der Waals surface area contributed by atoms with E-state index in [0.29, 0.717) is 12.3 Å². The fourth-order valence-electron chi connectivity index (χ4n) is 3.63. The van der Waals surface area contributed by atoms with Crippen molar-refractivity contribution in [3.63, 3.8) is 0 Å². The second-order valence-corrected chi connectivity index (χ2v) is 7.26. The predicted octanol–water partition coefficient (Wildman–Crippen LogP) is 3.50. The van der Waals surface area contributed by atoms with Crippen LogP contribution in [0.1, 0.15) is 54.4 Å². The summed E-state index contributed by atoms with van der Waals surface area (Å²) in [5, 5.41) is 7.82. The minimum absolute atomic E-state index is 0.0898. The van der Waals surface area contributed by atoms with Crippen LogP contribution >= 0.6 is 0 Å². The molecule has 0 bridgehead atoms. The third-order valence-electron chi connectivity index (χ3n) is 4.87. The van der Waals surface area contributed by atoms with Crippen LogP contribution in [0.4, 0.5) is 0 Å². The van der Waals surface area contributed by atoms with Crippen LogP contribution in [0.25, 0.3) is 0 Å². The van der Waals surface area contributed by atoms with E-state index in [1.54, 1.807) is 0 Å². The first kappa shape index (κ1) is 16.7. The molecule has 2 aromatic rings. The number of amides is 1. The molecule has 24 heavy (non-hydrogen) atoms. The Kier molecular flexibility index (Phi) is 4.74. The molecule has 1 unspecified atom stereocenters. The number of carbonyl (C=O) groups excluding carboxylic acids is 1. The molecule has 1 N–H and O–H groups in total. The number of carbonyl (C=O) groups is 1. The molecule has 1 amide bonds. The van der Waals surface area contributed by atoms with Gasteiger partial charge in [0.1, 0.15) is 0 Å². The fraction of sp³-hybridized carbons (Fsp3) is 0.500. The lowest BCUT2D eigenvalue weighted by Crippen LogP contribution is -2.28. The Morgan fingerprint density at radius 3 is 2.83 bits per heavy atom. The summed E-state index contributed by atoms with van der Waals surface area (Å²) in [6.45, 7) is 9.32. The second kappa shape index (κ2) is 6.80. The smallest absolute Gasteiger partial charge is 0.225 e. The van der Waals surface area contributed by atoms with Gasteiger partial charge in [0, 0.05) is 17.8 Å². The van der Waals surface area contributed by atoms with Gasteiger partial charge in [-0.25, -0.2) is 0 Å². The fourth-order valence-corrected chi connectivity index (χ4v) is 3.63. The number of hydrogen-bond donors (Lipinski definition) is 1. The number of benzene rings is 1. The largest absolute Gasteiger partial charge is 0.349 e. The van der Waals surface area contributed by atoms with Crippen LogP contribution in [-0.2, 0) is 24.2 Å². The molecular weight excluding hydrogens is 298 g/mol. The van der Waals surface area contributed by atoms with Crippen molar-refractivity contribution in [1.82, 2.24) is 15.1 Å². The van der Waals surface area contributed by atoms with Gasteiger partial charge in [-0.05, 0) is 43.7 Å². The summed E-state index contributed by atoms with van der Waals surface area (Å²) in [6, 6.07) is 8.56. The summed E-state index contributed by atoms with van der Waals surface area (Å²) < 4.78 is 2.04. The summed E-state index contributed by atoms with van der Waals surface area (Å²) in [6.07, 6.45) is 2.45. The monoisotopic (exact) mass is 325 g/mol. The first-order valence-corrected chi connectivity index (χ1v) is 8.85. The quantitative estimate of drug-likeness (QED) is 0.914. The first-order valence-electron chi connectivity index (χ1n) is 8.85. The summed E-state index contributed by atoms with van der Waals surface area (Å²) in [4.78, 5) is 12.6. The summed E-state index contributed by atoms with van der Waals surface area (Å²) >= 11 is 0. The van der Waals surface area contributed by atoms with E-state index in [9.17, 15) is 4.79 Å². The van der Waals surface area contributed by atoms with Crippen LogP contribution in [0, 0.1) is 19.8 Å². The highest BCUT2D eigenvalue weighted by Gasteiger charge is 2.24. The minimum atomic E-state index is 0.0898. The molecule has 4 heteroatoms. The van der Waals surface area contributed by atoms with Crippen molar-refractivity contribution in [2.24, 2.45) is 5.92 Å². The Bertz CT molecular complexity index is 745. The average Bonchev–Trinajstić information content (AvgIpc) is 3.04. The van der Waals surface area contributed by atoms with E-state index in [1.165, 1.54) is 11.1 Å². The first-order chi connectivity index (χ1) is 11.5. The highest BCUT2D eigenvalue weighted by molar-refractivity contribution is 5.79. The molecule has 1 aliphatic rings. The maximum absolute atomic E-state index is 12.6. The number of hydrogen-bond acceptors (Lipinski definition) is 2. The number of rotatable bonds is 5. The highest BCUT2D eigenvalue weighted by Crippen LogP contribution is 2.30. The topological polar surface area (TPSA) is 46.9 Å². The van der Waals surface area contributed by atoms with Crippen molar-refractivity contribution in [3.8, 4) is 0 Å². The molecule has 0 radical (unpaired) electrons. The Morgan fingerprint density at radius 2 is 2.08 bits per heavy atom. The summed E-state index contributed by atoms with van der Waals surface area (Å²) in [7, 11) is 0. The minimum Gasteiger partial charge on any atom is -0.349 e. The van der Waals surface area contributed by atoms with Crippen molar-refractivity contribution in [1.29, 1.82) is 0 Å². The number of nitrogens with one attached hydrogen (secondary N) is 1. The third kappa shape index (κ3) is 3.37. The van der Waals surface area contributed by atoms with E-state index >= 15 is 0 Å². The zero-order valence-corrected chi connectivity index (χ0v) is 15.1. The van der Waals surface area contributed by atoms with Crippen molar-refractivity contribution < 1.29 is 4.79 Å². The number of nitrogens with zero attached hydrogens (tertiary/aromatic N) is 2. The average molecular weight is 325 g/mol. The van der Waals surface area contributed by atoms with Gasteiger partial charge in [0.15, 0.2) is 0 Å². The van der Waals surface area contributed by atoms with Crippen LogP contribution in [0.3, 0.4) is 0 Å². The molecule has 128 valence electrons. The molecule has 0 aliphatic heterocycles. The molecule has 0 saturated carbocycles. The van der Waals surface area contributed by atoms with E-state index in [0.717, 1.165) is 36.3 Å². The van der Waals surface area contributed by atoms with Crippen LogP contribution in [0.15, 0.2) is 24.3 Å². The molecule has 0 saturated heterocycles. The Labute approximate surface area is 144 Å². The van der Waals surface area contributed by atoms with Crippen molar-refractivity contribution >= 4 is 5.91 Å². The standard InChI is InChI=1S/C20H27N3O/c1-13(2)12-23-15(4)18(14(3)22-23)11-20(24)21-19-10-9-16-7-5-6-8-17(16)19/h5-8,13,19H,9-12H2,1-4H3,(H,21,24). The maximum atomic E-state index is 12.6. The van der Waals surface area contributed by atoms with Gasteiger partial charge in [0.2, 0.25) is 5.91 Å². The Morgan fingerprint density at radius 1 is 1.33 bits per heavy atom. The van der Waals surface area contributed by atoms with Gasteiger partial charge in [-0.15, -0.1) is 0 Å². The molecule has 4 nitrogen and oxygen atoms in total. The lowest BCUT2D eigenvalue weighted by molar-refractivity contribution is -0.121. The van der Waals surface area contributed by atoms with Gasteiger partial charge in [-0.3, -0.25) is 9.48 Å². The van der Waals surface area contributed by atoms with Gasteiger partial charge >= 0.3 is 0 Å². The number of aromatic nitrogens is 2. The molecule has 1 aromatic heterocycles. The molecule has 1 atom stereocenters. The van der Waals surface area contributed by atoms with E-state index in [4.69, 9.17) is 0 Å². The van der Waals surface area contributed by atoms with E-state index < -0.39 is 0 Å². The maximum Gasteiger partial charge on any atom is 0.225 e. The van der Waals surface area contributed by atoms with Crippen LogP contribution in [0.5, 0.6) is 0 Å². The summed E-state index contributed by atoms with van der Waals surface area (Å²) in [5.74, 6) is 0.631. The molecular formula is C20H27N3O. The molecule has 1 aromatic carbocycles. The lowest BCUT2D eigenvalue weighted by atomic mass is 10.1. The predicted molar refractivity (Wildman–Crippen MR) is 95.9 cm³/mol. The van der Waals surface area contributed by atoms with Gasteiger partial charge < -0.3 is 5.32 Å². The van der Waals surface area contributed by atoms with E-state index in [1.807, 2.05) is 17.7 Å². The Hall–Kier alpha value is -2.10. The SMILES string of the molecule is Cc1nn(CC(C)C)c(C)c1CC(=O)NC1CCc2ccccc21. The highest BCUT2D eigenvalue weighted by atomic mass is 16.1. The number of aryl methyl sites for hydroxylation is 2. The number of fused-ring (bicyclic) bond motifs is 1. The van der Waals surface area contributed by atoms with Crippen molar-refractivity contribution in [3.05, 3.63) is 52.3 Å². The molecule has 0 spiro atoms. The summed E-state index contributed by atoms with van der Waals surface area (Å²) in [5.41, 5.74) is 5.78. The lowest BCUT2D eigenvalue weighted by Gasteiger charge is -2.14.